The van der Waals surface area contributed by atoms with Gasteiger partial charge in [0.05, 0.1) is 17.4 Å². The van der Waals surface area contributed by atoms with Crippen molar-refractivity contribution in [2.24, 2.45) is 0 Å². The van der Waals surface area contributed by atoms with E-state index in [-0.39, 0.29) is 23.6 Å². The Labute approximate surface area is 207 Å². The Morgan fingerprint density at radius 2 is 1.46 bits per heavy atom. The lowest BCUT2D eigenvalue weighted by molar-refractivity contribution is -0.120. The predicted molar refractivity (Wildman–Crippen MR) is 142 cm³/mol. The van der Waals surface area contributed by atoms with Crippen molar-refractivity contribution in [3.63, 3.8) is 0 Å². The quantitative estimate of drug-likeness (QED) is 0.396. The number of nitrogens with one attached hydrogen (secondary N) is 1. The highest BCUT2D eigenvalue weighted by molar-refractivity contribution is 6.46. The molecule has 0 aromatic heterocycles. The number of hydrogen-bond acceptors (Lipinski definition) is 4. The molecule has 35 heavy (non-hydrogen) atoms. The molecule has 0 fully saturated rings. The standard InChI is InChI=1S/C30H32N2O3/c1-18(2)22-8-12-24(13-9-22)31-28-27(23-10-14-25(15-11-23)35-19(3)4)29(33)32(30(28)34)26-16-7-20(5)17-21(26)6/h7-19,31H,1-6H3. The number of anilines is 2. The molecule has 0 radical (unpaired) electrons. The highest BCUT2D eigenvalue weighted by Gasteiger charge is 2.40. The lowest BCUT2D eigenvalue weighted by atomic mass is 10.0. The monoisotopic (exact) mass is 468 g/mol. The molecule has 1 aliphatic heterocycles. The number of carbonyl (C=O) groups excluding carboxylic acids is 2. The fourth-order valence-corrected chi connectivity index (χ4v) is 4.26. The van der Waals surface area contributed by atoms with E-state index in [4.69, 9.17) is 4.74 Å². The van der Waals surface area contributed by atoms with Gasteiger partial charge in [-0.1, -0.05) is 55.8 Å². The molecule has 3 aromatic rings. The van der Waals surface area contributed by atoms with Crippen molar-refractivity contribution in [3.05, 3.63) is 94.7 Å². The average molecular weight is 469 g/mol. The Morgan fingerprint density at radius 3 is 2.03 bits per heavy atom. The molecule has 1 heterocycles. The van der Waals surface area contributed by atoms with Crippen LogP contribution in [-0.2, 0) is 9.59 Å². The van der Waals surface area contributed by atoms with E-state index in [9.17, 15) is 9.59 Å². The molecule has 1 aliphatic rings. The van der Waals surface area contributed by atoms with Crippen LogP contribution in [0.15, 0.2) is 72.4 Å². The van der Waals surface area contributed by atoms with E-state index < -0.39 is 0 Å². The van der Waals surface area contributed by atoms with Crippen LogP contribution in [0.1, 0.15) is 55.9 Å². The third-order valence-corrected chi connectivity index (χ3v) is 6.04. The first-order chi connectivity index (χ1) is 16.7. The summed E-state index contributed by atoms with van der Waals surface area (Å²) in [6.45, 7) is 12.1. The van der Waals surface area contributed by atoms with Gasteiger partial charge in [0.25, 0.3) is 11.8 Å². The first-order valence-corrected chi connectivity index (χ1v) is 12.0. The number of nitrogens with zero attached hydrogens (tertiary/aromatic N) is 1. The normalized spacial score (nSPS) is 13.9. The summed E-state index contributed by atoms with van der Waals surface area (Å²) in [6, 6.07) is 21.0. The summed E-state index contributed by atoms with van der Waals surface area (Å²) < 4.78 is 5.76. The molecule has 0 bridgehead atoms. The topological polar surface area (TPSA) is 58.6 Å². The Bertz CT molecular complexity index is 1290. The van der Waals surface area contributed by atoms with Gasteiger partial charge in [0.15, 0.2) is 0 Å². The number of hydrogen-bond donors (Lipinski definition) is 1. The summed E-state index contributed by atoms with van der Waals surface area (Å²) >= 11 is 0. The molecular formula is C30H32N2O3. The minimum Gasteiger partial charge on any atom is -0.491 e. The Hall–Kier alpha value is -3.86. The van der Waals surface area contributed by atoms with Crippen molar-refractivity contribution in [3.8, 4) is 5.75 Å². The minimum absolute atomic E-state index is 0.0424. The van der Waals surface area contributed by atoms with Gasteiger partial charge in [0.2, 0.25) is 0 Å². The zero-order valence-corrected chi connectivity index (χ0v) is 21.2. The summed E-state index contributed by atoms with van der Waals surface area (Å²) in [4.78, 5) is 28.7. The van der Waals surface area contributed by atoms with E-state index in [0.717, 1.165) is 16.8 Å². The van der Waals surface area contributed by atoms with Gasteiger partial charge in [-0.05, 0) is 80.6 Å². The van der Waals surface area contributed by atoms with Crippen molar-refractivity contribution in [2.45, 2.75) is 53.6 Å². The van der Waals surface area contributed by atoms with E-state index in [1.54, 1.807) is 0 Å². The smallest absolute Gasteiger partial charge is 0.282 e. The molecule has 1 N–H and O–H groups in total. The molecule has 5 heteroatoms. The van der Waals surface area contributed by atoms with Gasteiger partial charge in [-0.3, -0.25) is 9.59 Å². The van der Waals surface area contributed by atoms with Crippen molar-refractivity contribution >= 4 is 28.8 Å². The summed E-state index contributed by atoms with van der Waals surface area (Å²) in [6.07, 6.45) is 0.0424. The summed E-state index contributed by atoms with van der Waals surface area (Å²) in [7, 11) is 0. The van der Waals surface area contributed by atoms with E-state index in [0.29, 0.717) is 28.5 Å². The van der Waals surface area contributed by atoms with Crippen molar-refractivity contribution < 1.29 is 14.3 Å². The number of aryl methyl sites for hydroxylation is 2. The molecule has 3 aromatic carbocycles. The summed E-state index contributed by atoms with van der Waals surface area (Å²) in [5, 5.41) is 3.25. The maximum absolute atomic E-state index is 13.7. The summed E-state index contributed by atoms with van der Waals surface area (Å²) in [5.41, 5.74) is 5.77. The van der Waals surface area contributed by atoms with Gasteiger partial charge in [0.1, 0.15) is 11.4 Å². The molecule has 0 atom stereocenters. The van der Waals surface area contributed by atoms with Crippen LogP contribution in [0.3, 0.4) is 0 Å². The molecule has 180 valence electrons. The molecule has 2 amide bonds. The van der Waals surface area contributed by atoms with Crippen molar-refractivity contribution in [2.75, 3.05) is 10.2 Å². The van der Waals surface area contributed by atoms with E-state index in [2.05, 4.69) is 19.2 Å². The maximum atomic E-state index is 13.7. The van der Waals surface area contributed by atoms with Crippen molar-refractivity contribution in [1.82, 2.24) is 0 Å². The van der Waals surface area contributed by atoms with Gasteiger partial charge in [0, 0.05) is 5.69 Å². The number of rotatable bonds is 7. The highest BCUT2D eigenvalue weighted by atomic mass is 16.5. The largest absolute Gasteiger partial charge is 0.491 e. The molecule has 0 spiro atoms. The first-order valence-electron chi connectivity index (χ1n) is 12.0. The zero-order valence-electron chi connectivity index (χ0n) is 21.2. The van der Waals surface area contributed by atoms with Crippen molar-refractivity contribution in [1.29, 1.82) is 0 Å². The fourth-order valence-electron chi connectivity index (χ4n) is 4.26. The Kier molecular flexibility index (Phi) is 6.79. The molecule has 0 unspecified atom stereocenters. The van der Waals surface area contributed by atoms with Crippen LogP contribution in [0.4, 0.5) is 11.4 Å². The molecule has 0 aliphatic carbocycles. The van der Waals surface area contributed by atoms with Gasteiger partial charge < -0.3 is 10.1 Å². The number of amides is 2. The third kappa shape index (κ3) is 4.99. The van der Waals surface area contributed by atoms with Crippen LogP contribution < -0.4 is 15.0 Å². The van der Waals surface area contributed by atoms with E-state index >= 15 is 0 Å². The molecule has 0 saturated carbocycles. The van der Waals surface area contributed by atoms with Gasteiger partial charge >= 0.3 is 0 Å². The van der Waals surface area contributed by atoms with E-state index in [1.165, 1.54) is 10.5 Å². The van der Waals surface area contributed by atoms with Crippen LogP contribution in [0.25, 0.3) is 5.57 Å². The van der Waals surface area contributed by atoms with Crippen LogP contribution in [-0.4, -0.2) is 17.9 Å². The van der Waals surface area contributed by atoms with Crippen LogP contribution >= 0.6 is 0 Å². The second-order valence-corrected chi connectivity index (χ2v) is 9.58. The molecule has 0 saturated heterocycles. The Balaban J connectivity index is 1.77. The van der Waals surface area contributed by atoms with Gasteiger partial charge in [-0.25, -0.2) is 4.90 Å². The molecular weight excluding hydrogens is 436 g/mol. The molecule has 5 nitrogen and oxygen atoms in total. The number of imide groups is 1. The second-order valence-electron chi connectivity index (χ2n) is 9.58. The highest BCUT2D eigenvalue weighted by Crippen LogP contribution is 2.36. The lowest BCUT2D eigenvalue weighted by Crippen LogP contribution is -2.33. The number of carbonyl (C=O) groups is 2. The number of ether oxygens (including phenoxy) is 1. The predicted octanol–water partition coefficient (Wildman–Crippen LogP) is 6.61. The average Bonchev–Trinajstić information content (AvgIpc) is 3.04. The van der Waals surface area contributed by atoms with Crippen LogP contribution in [0.2, 0.25) is 0 Å². The van der Waals surface area contributed by atoms with Gasteiger partial charge in [-0.2, -0.15) is 0 Å². The number of benzene rings is 3. The lowest BCUT2D eigenvalue weighted by Gasteiger charge is -2.18. The SMILES string of the molecule is Cc1ccc(N2C(=O)C(Nc3ccc(C(C)C)cc3)=C(c3ccc(OC(C)C)cc3)C2=O)c(C)c1. The van der Waals surface area contributed by atoms with Crippen LogP contribution in [0.5, 0.6) is 5.75 Å². The molecule has 4 rings (SSSR count). The van der Waals surface area contributed by atoms with Gasteiger partial charge in [-0.15, -0.1) is 0 Å². The summed E-state index contributed by atoms with van der Waals surface area (Å²) in [5.74, 6) is 0.402. The fraction of sp³-hybridized carbons (Fsp3) is 0.267. The first kappa shape index (κ1) is 24.3. The maximum Gasteiger partial charge on any atom is 0.282 e. The van der Waals surface area contributed by atoms with Crippen LogP contribution in [0, 0.1) is 13.8 Å². The minimum atomic E-state index is -0.368. The third-order valence-electron chi connectivity index (χ3n) is 6.04. The second kappa shape index (κ2) is 9.79. The Morgan fingerprint density at radius 1 is 0.800 bits per heavy atom. The van der Waals surface area contributed by atoms with E-state index in [1.807, 2.05) is 94.4 Å². The zero-order chi connectivity index (χ0) is 25.3.